The van der Waals surface area contributed by atoms with Gasteiger partial charge in [0.25, 0.3) is 0 Å². The lowest BCUT2D eigenvalue weighted by Gasteiger charge is -2.29. The lowest BCUT2D eigenvalue weighted by molar-refractivity contribution is -0.144. The van der Waals surface area contributed by atoms with Crippen molar-refractivity contribution in [2.75, 3.05) is 20.2 Å². The molecule has 0 rings (SSSR count). The highest BCUT2D eigenvalue weighted by atomic mass is 16.4. The molecule has 4 heteroatoms. The molecule has 0 bridgehead atoms. The molecule has 0 aliphatic heterocycles. The molecule has 1 unspecified atom stereocenters. The van der Waals surface area contributed by atoms with Crippen molar-refractivity contribution >= 4 is 5.97 Å². The van der Waals surface area contributed by atoms with Crippen molar-refractivity contribution < 1.29 is 15.0 Å². The molecule has 0 aromatic heterocycles. The molecule has 0 spiro atoms. The monoisotopic (exact) mass is 189 g/mol. The molecule has 0 radical (unpaired) electrons. The Balaban J connectivity index is 4.22. The maximum absolute atomic E-state index is 10.7. The van der Waals surface area contributed by atoms with Gasteiger partial charge >= 0.3 is 5.97 Å². The molecule has 0 amide bonds. The molecule has 78 valence electrons. The maximum Gasteiger partial charge on any atom is 0.323 e. The van der Waals surface area contributed by atoms with Crippen molar-refractivity contribution in [2.24, 2.45) is 5.41 Å². The number of hydrogen-bond donors (Lipinski definition) is 2. The quantitative estimate of drug-likeness (QED) is 0.672. The third-order valence-electron chi connectivity index (χ3n) is 1.71. The van der Waals surface area contributed by atoms with Crippen molar-refractivity contribution in [1.82, 2.24) is 4.90 Å². The minimum Gasteiger partial charge on any atom is -0.480 e. The van der Waals surface area contributed by atoms with Crippen LogP contribution in [0, 0.1) is 5.41 Å². The predicted octanol–water partition coefficient (Wildman–Crippen LogP) is 0.410. The van der Waals surface area contributed by atoms with Crippen LogP contribution in [0.15, 0.2) is 0 Å². The first-order valence-corrected chi connectivity index (χ1v) is 4.32. The number of aliphatic hydroxyl groups is 1. The third kappa shape index (κ3) is 4.85. The Morgan fingerprint density at radius 3 is 2.15 bits per heavy atom. The normalized spacial score (nSPS) is 14.6. The smallest absolute Gasteiger partial charge is 0.323 e. The summed E-state index contributed by atoms with van der Waals surface area (Å²) in [6, 6.07) is -0.792. The number of aliphatic carboxylic acids is 1. The summed E-state index contributed by atoms with van der Waals surface area (Å²) in [6.45, 7) is 6.38. The average molecular weight is 189 g/mol. The largest absolute Gasteiger partial charge is 0.480 e. The van der Waals surface area contributed by atoms with Crippen LogP contribution in [-0.4, -0.2) is 47.3 Å². The summed E-state index contributed by atoms with van der Waals surface area (Å²) in [5.74, 6) is -0.978. The fraction of sp³-hybridized carbons (Fsp3) is 0.889. The molecule has 0 aliphatic carbocycles. The van der Waals surface area contributed by atoms with Gasteiger partial charge in [-0.1, -0.05) is 20.8 Å². The van der Waals surface area contributed by atoms with E-state index in [1.54, 1.807) is 11.9 Å². The van der Waals surface area contributed by atoms with Gasteiger partial charge in [0.2, 0.25) is 0 Å². The number of aliphatic hydroxyl groups excluding tert-OH is 1. The van der Waals surface area contributed by atoms with Gasteiger partial charge in [-0.05, 0) is 12.5 Å². The molecule has 13 heavy (non-hydrogen) atoms. The van der Waals surface area contributed by atoms with Crippen molar-refractivity contribution in [2.45, 2.75) is 26.8 Å². The van der Waals surface area contributed by atoms with E-state index in [4.69, 9.17) is 10.2 Å². The lowest BCUT2D eigenvalue weighted by Crippen LogP contribution is -2.44. The summed E-state index contributed by atoms with van der Waals surface area (Å²) < 4.78 is 0. The molecule has 0 saturated heterocycles. The summed E-state index contributed by atoms with van der Waals surface area (Å²) >= 11 is 0. The Bertz CT molecular complexity index is 174. The number of carbonyl (C=O) groups is 1. The standard InChI is InChI=1S/C9H19NO3/c1-9(2,3)6-10(4)7(5-11)8(12)13/h7,11H,5-6H2,1-4H3,(H,12,13). The van der Waals surface area contributed by atoms with E-state index >= 15 is 0 Å². The van der Waals surface area contributed by atoms with Gasteiger partial charge in [0, 0.05) is 6.54 Å². The topological polar surface area (TPSA) is 60.8 Å². The summed E-state index contributed by atoms with van der Waals surface area (Å²) in [6.07, 6.45) is 0. The minimum atomic E-state index is -0.978. The van der Waals surface area contributed by atoms with Crippen molar-refractivity contribution in [3.05, 3.63) is 0 Å². The predicted molar refractivity (Wildman–Crippen MR) is 50.6 cm³/mol. The molecule has 1 atom stereocenters. The van der Waals surface area contributed by atoms with Crippen LogP contribution in [0.4, 0.5) is 0 Å². The zero-order valence-electron chi connectivity index (χ0n) is 8.74. The van der Waals surface area contributed by atoms with Gasteiger partial charge in [-0.25, -0.2) is 0 Å². The Hall–Kier alpha value is -0.610. The SMILES string of the molecule is CN(CC(C)(C)C)C(CO)C(=O)O. The summed E-state index contributed by atoms with van der Waals surface area (Å²) in [7, 11) is 1.71. The van der Waals surface area contributed by atoms with Gasteiger partial charge in [-0.3, -0.25) is 9.69 Å². The molecular weight excluding hydrogens is 170 g/mol. The number of likely N-dealkylation sites (N-methyl/N-ethyl adjacent to an activating group) is 1. The van der Waals surface area contributed by atoms with E-state index in [1.807, 2.05) is 20.8 Å². The van der Waals surface area contributed by atoms with E-state index in [9.17, 15) is 4.79 Å². The zero-order valence-corrected chi connectivity index (χ0v) is 8.74. The molecule has 0 fully saturated rings. The average Bonchev–Trinajstić information content (AvgIpc) is 1.82. The second kappa shape index (κ2) is 4.58. The summed E-state index contributed by atoms with van der Waals surface area (Å²) in [5.41, 5.74) is 0.0393. The molecule has 0 heterocycles. The second-order valence-corrected chi connectivity index (χ2v) is 4.51. The minimum absolute atomic E-state index is 0.0393. The second-order valence-electron chi connectivity index (χ2n) is 4.51. The Labute approximate surface area is 79.2 Å². The molecular formula is C9H19NO3. The van der Waals surface area contributed by atoms with Crippen LogP contribution in [0.25, 0.3) is 0 Å². The number of rotatable bonds is 4. The van der Waals surface area contributed by atoms with Gasteiger partial charge < -0.3 is 10.2 Å². The Morgan fingerprint density at radius 1 is 1.46 bits per heavy atom. The Morgan fingerprint density at radius 2 is 1.92 bits per heavy atom. The number of hydrogen-bond acceptors (Lipinski definition) is 3. The van der Waals surface area contributed by atoms with Crippen LogP contribution < -0.4 is 0 Å². The van der Waals surface area contributed by atoms with E-state index < -0.39 is 12.0 Å². The van der Waals surface area contributed by atoms with Gasteiger partial charge in [-0.2, -0.15) is 0 Å². The van der Waals surface area contributed by atoms with Crippen molar-refractivity contribution in [3.63, 3.8) is 0 Å². The maximum atomic E-state index is 10.7. The van der Waals surface area contributed by atoms with Crippen LogP contribution in [0.5, 0.6) is 0 Å². The summed E-state index contributed by atoms with van der Waals surface area (Å²) in [4.78, 5) is 12.3. The highest BCUT2D eigenvalue weighted by molar-refractivity contribution is 5.73. The van der Waals surface area contributed by atoms with Crippen LogP contribution in [0.2, 0.25) is 0 Å². The van der Waals surface area contributed by atoms with E-state index in [1.165, 1.54) is 0 Å². The highest BCUT2D eigenvalue weighted by Crippen LogP contribution is 2.15. The van der Waals surface area contributed by atoms with Gasteiger partial charge in [0.1, 0.15) is 6.04 Å². The Kier molecular flexibility index (Phi) is 4.36. The fourth-order valence-electron chi connectivity index (χ4n) is 1.26. The van der Waals surface area contributed by atoms with E-state index in [0.717, 1.165) is 0 Å². The van der Waals surface area contributed by atoms with Gasteiger partial charge in [0.15, 0.2) is 0 Å². The molecule has 0 saturated carbocycles. The van der Waals surface area contributed by atoms with Crippen LogP contribution in [0.1, 0.15) is 20.8 Å². The fourth-order valence-corrected chi connectivity index (χ4v) is 1.26. The zero-order chi connectivity index (χ0) is 10.6. The van der Waals surface area contributed by atoms with Crippen molar-refractivity contribution in [1.29, 1.82) is 0 Å². The van der Waals surface area contributed by atoms with Crippen LogP contribution in [0.3, 0.4) is 0 Å². The first-order valence-electron chi connectivity index (χ1n) is 4.32. The molecule has 0 aromatic rings. The number of nitrogens with zero attached hydrogens (tertiary/aromatic N) is 1. The van der Waals surface area contributed by atoms with E-state index in [-0.39, 0.29) is 12.0 Å². The first-order chi connectivity index (χ1) is 5.78. The van der Waals surface area contributed by atoms with E-state index in [0.29, 0.717) is 6.54 Å². The number of carboxylic acid groups (broad SMARTS) is 1. The first kappa shape index (κ1) is 12.4. The summed E-state index contributed by atoms with van der Waals surface area (Å²) in [5, 5.41) is 17.6. The molecule has 4 nitrogen and oxygen atoms in total. The molecule has 0 aromatic carbocycles. The highest BCUT2D eigenvalue weighted by Gasteiger charge is 2.24. The molecule has 0 aliphatic rings. The lowest BCUT2D eigenvalue weighted by atomic mass is 9.95. The van der Waals surface area contributed by atoms with Crippen LogP contribution >= 0.6 is 0 Å². The van der Waals surface area contributed by atoms with E-state index in [2.05, 4.69) is 0 Å². The number of carboxylic acids is 1. The molecule has 2 N–H and O–H groups in total. The van der Waals surface area contributed by atoms with Gasteiger partial charge in [-0.15, -0.1) is 0 Å². The third-order valence-corrected chi connectivity index (χ3v) is 1.71. The van der Waals surface area contributed by atoms with Gasteiger partial charge in [0.05, 0.1) is 6.61 Å². The van der Waals surface area contributed by atoms with Crippen molar-refractivity contribution in [3.8, 4) is 0 Å². The van der Waals surface area contributed by atoms with Crippen LogP contribution in [-0.2, 0) is 4.79 Å².